The molecule has 2 amide bonds. The fourth-order valence-corrected chi connectivity index (χ4v) is 4.28. The molecule has 4 rings (SSSR count). The number of carboxylic acid groups (broad SMARTS) is 1. The smallest absolute Gasteiger partial charge is 0.407 e. The summed E-state index contributed by atoms with van der Waals surface area (Å²) in [4.78, 5) is 38.7. The highest BCUT2D eigenvalue weighted by atomic mass is 32.1. The molecule has 9 heteroatoms. The lowest BCUT2D eigenvalue weighted by atomic mass is 9.98. The molecule has 0 spiro atoms. The molecule has 1 aliphatic rings. The van der Waals surface area contributed by atoms with Crippen LogP contribution in [0.25, 0.3) is 11.1 Å². The van der Waals surface area contributed by atoms with Gasteiger partial charge in [0.25, 0.3) is 5.91 Å². The van der Waals surface area contributed by atoms with Gasteiger partial charge in [0.05, 0.1) is 19.3 Å². The Hall–Kier alpha value is -4.16. The van der Waals surface area contributed by atoms with Gasteiger partial charge in [-0.3, -0.25) is 4.79 Å². The van der Waals surface area contributed by atoms with Crippen molar-refractivity contribution in [3.63, 3.8) is 0 Å². The van der Waals surface area contributed by atoms with Crippen molar-refractivity contribution in [3.05, 3.63) is 75.7 Å². The zero-order valence-corrected chi connectivity index (χ0v) is 18.1. The third-order valence-corrected chi connectivity index (χ3v) is 6.02. The van der Waals surface area contributed by atoms with Crippen LogP contribution in [0, 0.1) is 11.8 Å². The minimum Gasteiger partial charge on any atom is -0.477 e. The van der Waals surface area contributed by atoms with E-state index < -0.39 is 18.0 Å². The number of hydrogen-bond donors (Lipinski definition) is 3. The summed E-state index contributed by atoms with van der Waals surface area (Å²) in [6.45, 7) is 0.218. The Morgan fingerprint density at radius 1 is 1.03 bits per heavy atom. The summed E-state index contributed by atoms with van der Waals surface area (Å²) >= 11 is 0.975. The van der Waals surface area contributed by atoms with Crippen LogP contribution in [0.5, 0.6) is 0 Å². The molecule has 0 unspecified atom stereocenters. The zero-order valence-electron chi connectivity index (χ0n) is 17.3. The van der Waals surface area contributed by atoms with Crippen molar-refractivity contribution in [3.8, 4) is 23.0 Å². The quantitative estimate of drug-likeness (QED) is 0.486. The topological polar surface area (TPSA) is 118 Å². The second-order valence-corrected chi connectivity index (χ2v) is 8.20. The Balaban J connectivity index is 1.22. The third-order valence-electron chi connectivity index (χ3n) is 5.03. The standard InChI is InChI=1S/C24H19N3O5S/c28-21(26-13-22-27-12-20(33-22)23(29)30)10-5-11-25-24(31)32-14-19-17-8-3-1-6-15(17)16-7-2-4-9-18(16)19/h1-4,6-9,12,19H,11,13-14H2,(H,25,31)(H,26,28)(H,29,30). The number of alkyl carbamates (subject to hydrolysis) is 1. The highest BCUT2D eigenvalue weighted by molar-refractivity contribution is 7.13. The molecule has 0 radical (unpaired) electrons. The Bertz CT molecular complexity index is 1230. The van der Waals surface area contributed by atoms with Crippen LogP contribution in [0.15, 0.2) is 54.7 Å². The van der Waals surface area contributed by atoms with Gasteiger partial charge in [0.15, 0.2) is 0 Å². The molecule has 33 heavy (non-hydrogen) atoms. The lowest BCUT2D eigenvalue weighted by molar-refractivity contribution is -0.115. The Labute approximate surface area is 193 Å². The number of carbonyl (C=O) groups excluding carboxylic acids is 2. The van der Waals surface area contributed by atoms with E-state index in [-0.39, 0.29) is 30.5 Å². The number of aromatic carboxylic acids is 1. The molecule has 1 aromatic heterocycles. The molecule has 3 aromatic rings. The summed E-state index contributed by atoms with van der Waals surface area (Å²) in [5, 5.41) is 14.4. The highest BCUT2D eigenvalue weighted by Crippen LogP contribution is 2.44. The summed E-state index contributed by atoms with van der Waals surface area (Å²) in [5.74, 6) is 3.24. The van der Waals surface area contributed by atoms with Crippen molar-refractivity contribution >= 4 is 29.3 Å². The average molecular weight is 461 g/mol. The second-order valence-electron chi connectivity index (χ2n) is 7.09. The number of nitrogens with zero attached hydrogens (tertiary/aromatic N) is 1. The number of aromatic nitrogens is 1. The van der Waals surface area contributed by atoms with Gasteiger partial charge >= 0.3 is 12.1 Å². The van der Waals surface area contributed by atoms with E-state index in [1.807, 2.05) is 36.4 Å². The molecule has 0 saturated carbocycles. The van der Waals surface area contributed by atoms with Gasteiger partial charge in [-0.1, -0.05) is 54.5 Å². The average Bonchev–Trinajstić information content (AvgIpc) is 3.42. The molecular formula is C24H19N3O5S. The lowest BCUT2D eigenvalue weighted by Gasteiger charge is -2.14. The van der Waals surface area contributed by atoms with E-state index in [9.17, 15) is 14.4 Å². The van der Waals surface area contributed by atoms with E-state index in [1.165, 1.54) is 6.20 Å². The number of carboxylic acids is 1. The number of fused-ring (bicyclic) bond motifs is 3. The minimum absolute atomic E-state index is 0.0347. The number of benzene rings is 2. The molecule has 166 valence electrons. The summed E-state index contributed by atoms with van der Waals surface area (Å²) in [6.07, 6.45) is 0.619. The first-order valence-electron chi connectivity index (χ1n) is 10.1. The van der Waals surface area contributed by atoms with Crippen molar-refractivity contribution in [2.24, 2.45) is 0 Å². The predicted octanol–water partition coefficient (Wildman–Crippen LogP) is 3.00. The van der Waals surface area contributed by atoms with E-state index in [2.05, 4.69) is 39.6 Å². The largest absolute Gasteiger partial charge is 0.477 e. The van der Waals surface area contributed by atoms with Gasteiger partial charge in [-0.05, 0) is 28.2 Å². The maximum atomic E-state index is 12.1. The van der Waals surface area contributed by atoms with E-state index in [0.29, 0.717) is 5.01 Å². The number of ether oxygens (including phenoxy) is 1. The Morgan fingerprint density at radius 3 is 2.33 bits per heavy atom. The van der Waals surface area contributed by atoms with Crippen molar-refractivity contribution in [1.29, 1.82) is 0 Å². The number of carbonyl (C=O) groups is 3. The molecule has 1 heterocycles. The van der Waals surface area contributed by atoms with Gasteiger partial charge in [-0.15, -0.1) is 11.3 Å². The first-order valence-corrected chi connectivity index (χ1v) is 10.9. The maximum absolute atomic E-state index is 12.1. The van der Waals surface area contributed by atoms with E-state index in [0.717, 1.165) is 33.6 Å². The number of nitrogens with one attached hydrogen (secondary N) is 2. The predicted molar refractivity (Wildman–Crippen MR) is 122 cm³/mol. The number of thiazole rings is 1. The first kappa shape index (κ1) is 22.0. The van der Waals surface area contributed by atoms with Crippen molar-refractivity contribution < 1.29 is 24.2 Å². The molecule has 3 N–H and O–H groups in total. The fourth-order valence-electron chi connectivity index (χ4n) is 3.58. The number of amides is 2. The van der Waals surface area contributed by atoms with E-state index >= 15 is 0 Å². The van der Waals surface area contributed by atoms with Crippen LogP contribution in [0.2, 0.25) is 0 Å². The first-order chi connectivity index (χ1) is 16.0. The lowest BCUT2D eigenvalue weighted by Crippen LogP contribution is -2.27. The van der Waals surface area contributed by atoms with Crippen LogP contribution in [0.1, 0.15) is 31.7 Å². The molecule has 0 bridgehead atoms. The van der Waals surface area contributed by atoms with E-state index in [1.54, 1.807) is 0 Å². The SMILES string of the molecule is O=C(C#CCNC(=O)OCC1c2ccccc2-c2ccccc21)NCc1ncc(C(=O)O)s1. The van der Waals surface area contributed by atoms with Gasteiger partial charge in [-0.25, -0.2) is 14.6 Å². The molecular weight excluding hydrogens is 442 g/mol. The van der Waals surface area contributed by atoms with Gasteiger partial charge < -0.3 is 20.5 Å². The summed E-state index contributed by atoms with van der Waals surface area (Å²) in [6, 6.07) is 16.1. The van der Waals surface area contributed by atoms with Crippen LogP contribution >= 0.6 is 11.3 Å². The molecule has 0 saturated heterocycles. The van der Waals surface area contributed by atoms with Crippen LogP contribution < -0.4 is 10.6 Å². The van der Waals surface area contributed by atoms with Gasteiger partial charge in [0.2, 0.25) is 0 Å². The molecule has 0 fully saturated rings. The van der Waals surface area contributed by atoms with Crippen molar-refractivity contribution in [1.82, 2.24) is 15.6 Å². The van der Waals surface area contributed by atoms with Crippen LogP contribution in [0.3, 0.4) is 0 Å². The molecule has 8 nitrogen and oxygen atoms in total. The van der Waals surface area contributed by atoms with Gasteiger partial charge in [-0.2, -0.15) is 0 Å². The van der Waals surface area contributed by atoms with E-state index in [4.69, 9.17) is 9.84 Å². The Kier molecular flexibility index (Phi) is 6.66. The monoisotopic (exact) mass is 461 g/mol. The molecule has 0 aliphatic heterocycles. The zero-order chi connectivity index (χ0) is 23.2. The maximum Gasteiger partial charge on any atom is 0.407 e. The molecule has 2 aromatic carbocycles. The van der Waals surface area contributed by atoms with Gasteiger partial charge in [0.1, 0.15) is 16.5 Å². The summed E-state index contributed by atoms with van der Waals surface area (Å²) in [5.41, 5.74) is 4.55. The second kappa shape index (κ2) is 9.97. The molecule has 1 aliphatic carbocycles. The normalized spacial score (nSPS) is 11.5. The molecule has 0 atom stereocenters. The summed E-state index contributed by atoms with van der Waals surface area (Å²) < 4.78 is 5.40. The highest BCUT2D eigenvalue weighted by Gasteiger charge is 2.28. The van der Waals surface area contributed by atoms with Gasteiger partial charge in [0, 0.05) is 5.92 Å². The van der Waals surface area contributed by atoms with Crippen molar-refractivity contribution in [2.45, 2.75) is 12.5 Å². The van der Waals surface area contributed by atoms with Crippen LogP contribution in [-0.4, -0.2) is 41.2 Å². The number of rotatable bonds is 6. The summed E-state index contributed by atoms with van der Waals surface area (Å²) in [7, 11) is 0. The number of hydrogen-bond acceptors (Lipinski definition) is 6. The van der Waals surface area contributed by atoms with Crippen molar-refractivity contribution in [2.75, 3.05) is 13.2 Å². The van der Waals surface area contributed by atoms with Crippen LogP contribution in [-0.2, 0) is 16.1 Å². The fraction of sp³-hybridized carbons (Fsp3) is 0.167. The Morgan fingerprint density at radius 2 is 1.70 bits per heavy atom. The van der Waals surface area contributed by atoms with Crippen LogP contribution in [0.4, 0.5) is 4.79 Å². The minimum atomic E-state index is -1.07. The third kappa shape index (κ3) is 5.19.